The van der Waals surface area contributed by atoms with E-state index in [0.717, 1.165) is 18.0 Å². The first-order chi connectivity index (χ1) is 11.8. The molecule has 2 heterocycles. The van der Waals surface area contributed by atoms with E-state index < -0.39 is 0 Å². The van der Waals surface area contributed by atoms with Gasteiger partial charge in [0.1, 0.15) is 5.01 Å². The predicted octanol–water partition coefficient (Wildman–Crippen LogP) is 3.59. The first-order valence-corrected chi connectivity index (χ1v) is 9.57. The van der Waals surface area contributed by atoms with Crippen LogP contribution in [0.25, 0.3) is 0 Å². The minimum absolute atomic E-state index is 0.0157. The number of hydrogen-bond donors (Lipinski definition) is 1. The predicted molar refractivity (Wildman–Crippen MR) is 96.7 cm³/mol. The second-order valence-electron chi connectivity index (χ2n) is 6.63. The third-order valence-electron chi connectivity index (χ3n) is 4.96. The maximum atomic E-state index is 12.3. The van der Waals surface area contributed by atoms with Crippen LogP contribution in [0.5, 0.6) is 0 Å². The molecule has 1 fully saturated rings. The first-order valence-electron chi connectivity index (χ1n) is 8.76. The topological polar surface area (TPSA) is 58.1 Å². The zero-order valence-electron chi connectivity index (χ0n) is 13.7. The lowest BCUT2D eigenvalue weighted by molar-refractivity contribution is -0.115. The summed E-state index contributed by atoms with van der Waals surface area (Å²) in [6.07, 6.45) is 7.30. The van der Waals surface area contributed by atoms with Gasteiger partial charge in [-0.05, 0) is 30.9 Å². The number of fused-ring (bicyclic) bond motifs is 1. The Morgan fingerprint density at radius 3 is 2.92 bits per heavy atom. The van der Waals surface area contributed by atoms with Gasteiger partial charge in [0.15, 0.2) is 0 Å². The van der Waals surface area contributed by atoms with E-state index in [1.54, 1.807) is 0 Å². The summed E-state index contributed by atoms with van der Waals surface area (Å²) in [7, 11) is 0. The van der Waals surface area contributed by atoms with Gasteiger partial charge in [-0.2, -0.15) is 0 Å². The molecule has 1 saturated carbocycles. The van der Waals surface area contributed by atoms with Gasteiger partial charge in [0.2, 0.25) is 11.0 Å². The molecular weight excluding hydrogens is 320 g/mol. The number of nitrogens with one attached hydrogen (secondary N) is 1. The number of rotatable bonds is 4. The minimum Gasteiger partial charge on any atom is -0.362 e. The summed E-state index contributed by atoms with van der Waals surface area (Å²) in [5, 5.41) is 13.1. The van der Waals surface area contributed by atoms with E-state index in [1.165, 1.54) is 54.7 Å². The molecule has 2 aromatic rings. The summed E-state index contributed by atoms with van der Waals surface area (Å²) >= 11 is 1.54. The Kier molecular flexibility index (Phi) is 4.47. The largest absolute Gasteiger partial charge is 0.362 e. The average molecular weight is 342 g/mol. The summed E-state index contributed by atoms with van der Waals surface area (Å²) in [4.78, 5) is 14.5. The molecule has 1 amide bonds. The van der Waals surface area contributed by atoms with Gasteiger partial charge in [0, 0.05) is 18.2 Å². The van der Waals surface area contributed by atoms with Gasteiger partial charge in [-0.1, -0.05) is 48.8 Å². The van der Waals surface area contributed by atoms with E-state index in [0.29, 0.717) is 17.6 Å². The Hall–Kier alpha value is -1.95. The van der Waals surface area contributed by atoms with Crippen molar-refractivity contribution in [1.82, 2.24) is 10.2 Å². The van der Waals surface area contributed by atoms with Crippen LogP contribution in [0.15, 0.2) is 24.3 Å². The third-order valence-corrected chi connectivity index (χ3v) is 5.96. The summed E-state index contributed by atoms with van der Waals surface area (Å²) in [5.74, 6) is 0.519. The van der Waals surface area contributed by atoms with Gasteiger partial charge in [-0.15, -0.1) is 10.2 Å². The molecule has 1 aliphatic heterocycles. The highest BCUT2D eigenvalue weighted by Gasteiger charge is 2.22. The monoisotopic (exact) mass is 342 g/mol. The van der Waals surface area contributed by atoms with Crippen LogP contribution in [-0.2, 0) is 11.2 Å². The highest BCUT2D eigenvalue weighted by atomic mass is 32.1. The number of benzene rings is 1. The van der Waals surface area contributed by atoms with Crippen molar-refractivity contribution in [2.75, 3.05) is 23.3 Å². The van der Waals surface area contributed by atoms with Gasteiger partial charge >= 0.3 is 0 Å². The lowest BCUT2D eigenvalue weighted by Crippen LogP contribution is -2.31. The van der Waals surface area contributed by atoms with Gasteiger partial charge < -0.3 is 4.90 Å². The van der Waals surface area contributed by atoms with E-state index in [-0.39, 0.29) is 5.91 Å². The molecule has 1 N–H and O–H groups in total. The van der Waals surface area contributed by atoms with Crippen LogP contribution in [0.2, 0.25) is 0 Å². The number of nitrogens with zero attached hydrogens (tertiary/aromatic N) is 3. The molecular formula is C18H22N4OS. The molecule has 1 aromatic carbocycles. The normalized spacial score (nSPS) is 17.8. The summed E-state index contributed by atoms with van der Waals surface area (Å²) in [6, 6.07) is 8.29. The van der Waals surface area contributed by atoms with Gasteiger partial charge in [0.25, 0.3) is 0 Å². The van der Waals surface area contributed by atoms with Crippen molar-refractivity contribution in [3.63, 3.8) is 0 Å². The standard InChI is InChI=1S/C18H22N4OS/c23-16(12-22-11-10-13-6-4-5-9-15(13)22)19-18-21-20-17(24-18)14-7-2-1-3-8-14/h4-6,9,14H,1-3,7-8,10-12H2,(H,19,21,23). The van der Waals surface area contributed by atoms with Gasteiger partial charge in [0.05, 0.1) is 6.54 Å². The second-order valence-corrected chi connectivity index (χ2v) is 7.64. The molecule has 0 radical (unpaired) electrons. The Balaban J connectivity index is 1.36. The molecule has 0 atom stereocenters. The quantitative estimate of drug-likeness (QED) is 0.922. The maximum absolute atomic E-state index is 12.3. The van der Waals surface area contributed by atoms with Crippen LogP contribution in [0.4, 0.5) is 10.8 Å². The van der Waals surface area contributed by atoms with Gasteiger partial charge in [-0.3, -0.25) is 10.1 Å². The number of hydrogen-bond acceptors (Lipinski definition) is 5. The minimum atomic E-state index is -0.0157. The fourth-order valence-corrected chi connectivity index (χ4v) is 4.63. The fraction of sp³-hybridized carbons (Fsp3) is 0.500. The molecule has 4 rings (SSSR count). The number of para-hydroxylation sites is 1. The highest BCUT2D eigenvalue weighted by molar-refractivity contribution is 7.15. The van der Waals surface area contributed by atoms with Crippen molar-refractivity contribution in [3.8, 4) is 0 Å². The van der Waals surface area contributed by atoms with E-state index in [4.69, 9.17) is 0 Å². The van der Waals surface area contributed by atoms with Crippen LogP contribution in [0.1, 0.15) is 48.6 Å². The van der Waals surface area contributed by atoms with Crippen molar-refractivity contribution in [2.45, 2.75) is 44.4 Å². The molecule has 1 aromatic heterocycles. The molecule has 0 spiro atoms. The van der Waals surface area contributed by atoms with E-state index in [9.17, 15) is 4.79 Å². The molecule has 24 heavy (non-hydrogen) atoms. The molecule has 0 bridgehead atoms. The average Bonchev–Trinajstić information content (AvgIpc) is 3.23. The molecule has 126 valence electrons. The van der Waals surface area contributed by atoms with Crippen LogP contribution < -0.4 is 10.2 Å². The zero-order chi connectivity index (χ0) is 16.4. The molecule has 6 heteroatoms. The molecule has 0 unspecified atom stereocenters. The molecule has 0 saturated heterocycles. The zero-order valence-corrected chi connectivity index (χ0v) is 14.5. The molecule has 2 aliphatic rings. The lowest BCUT2D eigenvalue weighted by Gasteiger charge is -2.18. The van der Waals surface area contributed by atoms with Crippen molar-refractivity contribution in [2.24, 2.45) is 0 Å². The third kappa shape index (κ3) is 3.29. The van der Waals surface area contributed by atoms with Gasteiger partial charge in [-0.25, -0.2) is 0 Å². The van der Waals surface area contributed by atoms with Crippen molar-refractivity contribution in [1.29, 1.82) is 0 Å². The van der Waals surface area contributed by atoms with Crippen molar-refractivity contribution >= 4 is 28.1 Å². The summed E-state index contributed by atoms with van der Waals surface area (Å²) in [5.41, 5.74) is 2.49. The lowest BCUT2D eigenvalue weighted by atomic mass is 9.90. The number of amides is 1. The summed E-state index contributed by atoms with van der Waals surface area (Å²) in [6.45, 7) is 1.27. The van der Waals surface area contributed by atoms with Crippen LogP contribution in [0.3, 0.4) is 0 Å². The number of carbonyl (C=O) groups excluding carboxylic acids is 1. The first kappa shape index (κ1) is 15.6. The maximum Gasteiger partial charge on any atom is 0.245 e. The van der Waals surface area contributed by atoms with Crippen LogP contribution in [0, 0.1) is 0 Å². The number of carbonyl (C=O) groups is 1. The van der Waals surface area contributed by atoms with E-state index >= 15 is 0 Å². The number of anilines is 2. The molecule has 1 aliphatic carbocycles. The van der Waals surface area contributed by atoms with Crippen LogP contribution >= 0.6 is 11.3 Å². The van der Waals surface area contributed by atoms with Crippen molar-refractivity contribution < 1.29 is 4.79 Å². The van der Waals surface area contributed by atoms with Crippen LogP contribution in [-0.4, -0.2) is 29.2 Å². The fourth-order valence-electron chi connectivity index (χ4n) is 3.70. The Labute approximate surface area is 146 Å². The molecule has 5 nitrogen and oxygen atoms in total. The Morgan fingerprint density at radius 1 is 1.21 bits per heavy atom. The SMILES string of the molecule is O=C(CN1CCc2ccccc21)Nc1nnc(C2CCCCC2)s1. The smallest absolute Gasteiger partial charge is 0.245 e. The summed E-state index contributed by atoms with van der Waals surface area (Å²) < 4.78 is 0. The highest BCUT2D eigenvalue weighted by Crippen LogP contribution is 2.35. The number of aromatic nitrogens is 2. The Bertz CT molecular complexity index is 723. The Morgan fingerprint density at radius 2 is 2.04 bits per heavy atom. The van der Waals surface area contributed by atoms with Crippen molar-refractivity contribution in [3.05, 3.63) is 34.8 Å². The second kappa shape index (κ2) is 6.89. The van der Waals surface area contributed by atoms with E-state index in [2.05, 4.69) is 38.6 Å². The van der Waals surface area contributed by atoms with E-state index in [1.807, 2.05) is 6.07 Å².